The number of halogens is 1. The summed E-state index contributed by atoms with van der Waals surface area (Å²) in [7, 11) is 0. The number of hydrogen-bond acceptors (Lipinski definition) is 4. The van der Waals surface area contributed by atoms with Crippen LogP contribution in [0, 0.1) is 0 Å². The first-order chi connectivity index (χ1) is 13.2. The quantitative estimate of drug-likeness (QED) is 0.482. The summed E-state index contributed by atoms with van der Waals surface area (Å²) in [6.45, 7) is 0.955. The molecule has 3 aromatic rings. The summed E-state index contributed by atoms with van der Waals surface area (Å²) >= 11 is 7.62. The Morgan fingerprint density at radius 1 is 1.15 bits per heavy atom. The molecule has 1 heterocycles. The van der Waals surface area contributed by atoms with Crippen molar-refractivity contribution in [3.05, 3.63) is 82.6 Å². The smallest absolute Gasteiger partial charge is 0.244 e. The topological polar surface area (TPSA) is 59.8 Å². The van der Waals surface area contributed by atoms with Gasteiger partial charge < -0.3 is 9.88 Å². The van der Waals surface area contributed by atoms with E-state index < -0.39 is 0 Å². The maximum Gasteiger partial charge on any atom is 0.244 e. The second kappa shape index (κ2) is 9.39. The lowest BCUT2D eigenvalue weighted by molar-refractivity contribution is -0.116. The number of nitrogens with one attached hydrogen (secondary N) is 1. The molecule has 5 nitrogen and oxygen atoms in total. The standard InChI is InChI=1S/C20H19ClN4OS/c1-27-20-24-23-18(25(20)14-15-7-3-2-4-8-15)13-22-19(26)12-11-16-9-5-6-10-17(16)21/h2-12H,13-14H2,1H3,(H,22,26). The number of aromatic nitrogens is 3. The fourth-order valence-corrected chi connectivity index (χ4v) is 3.24. The highest BCUT2D eigenvalue weighted by Gasteiger charge is 2.12. The molecule has 1 N–H and O–H groups in total. The molecule has 27 heavy (non-hydrogen) atoms. The number of carbonyl (C=O) groups excluding carboxylic acids is 1. The van der Waals surface area contributed by atoms with Crippen LogP contribution in [-0.4, -0.2) is 26.9 Å². The van der Waals surface area contributed by atoms with Gasteiger partial charge >= 0.3 is 0 Å². The predicted octanol–water partition coefficient (Wildman–Crippen LogP) is 4.03. The molecule has 138 valence electrons. The summed E-state index contributed by atoms with van der Waals surface area (Å²) in [5.74, 6) is 0.498. The Morgan fingerprint density at radius 2 is 1.89 bits per heavy atom. The molecule has 0 atom stereocenters. The molecule has 7 heteroatoms. The van der Waals surface area contributed by atoms with Crippen molar-refractivity contribution < 1.29 is 4.79 Å². The molecule has 0 unspecified atom stereocenters. The van der Waals surface area contributed by atoms with Gasteiger partial charge in [-0.3, -0.25) is 4.79 Å². The number of thioether (sulfide) groups is 1. The molecule has 0 bridgehead atoms. The molecule has 0 aliphatic carbocycles. The molecular formula is C20H19ClN4OS. The van der Waals surface area contributed by atoms with Gasteiger partial charge in [0.15, 0.2) is 11.0 Å². The molecule has 0 aliphatic rings. The number of amides is 1. The summed E-state index contributed by atoms with van der Waals surface area (Å²) in [4.78, 5) is 12.1. The largest absolute Gasteiger partial charge is 0.345 e. The van der Waals surface area contributed by atoms with Gasteiger partial charge in [-0.05, 0) is 29.5 Å². The maximum atomic E-state index is 12.1. The van der Waals surface area contributed by atoms with E-state index in [1.807, 2.05) is 47.2 Å². The highest BCUT2D eigenvalue weighted by Crippen LogP contribution is 2.17. The van der Waals surface area contributed by atoms with Crippen molar-refractivity contribution in [3.63, 3.8) is 0 Å². The number of nitrogens with zero attached hydrogens (tertiary/aromatic N) is 3. The van der Waals surface area contributed by atoms with Gasteiger partial charge in [-0.2, -0.15) is 0 Å². The van der Waals surface area contributed by atoms with Gasteiger partial charge in [0, 0.05) is 11.1 Å². The van der Waals surface area contributed by atoms with Gasteiger partial charge in [0.25, 0.3) is 0 Å². The number of carbonyl (C=O) groups is 1. The van der Waals surface area contributed by atoms with Crippen molar-refractivity contribution in [3.8, 4) is 0 Å². The first-order valence-corrected chi connectivity index (χ1v) is 9.98. The Kier molecular flexibility index (Phi) is 6.68. The summed E-state index contributed by atoms with van der Waals surface area (Å²) in [5, 5.41) is 12.7. The van der Waals surface area contributed by atoms with E-state index in [-0.39, 0.29) is 5.91 Å². The van der Waals surface area contributed by atoms with E-state index in [0.717, 1.165) is 16.3 Å². The van der Waals surface area contributed by atoms with Crippen LogP contribution in [0.5, 0.6) is 0 Å². The normalized spacial score (nSPS) is 11.0. The van der Waals surface area contributed by atoms with E-state index in [0.29, 0.717) is 23.9 Å². The average molecular weight is 399 g/mol. The zero-order valence-corrected chi connectivity index (χ0v) is 16.4. The van der Waals surface area contributed by atoms with E-state index in [1.165, 1.54) is 17.8 Å². The molecule has 0 aliphatic heterocycles. The van der Waals surface area contributed by atoms with Crippen molar-refractivity contribution in [2.24, 2.45) is 0 Å². The van der Waals surface area contributed by atoms with Gasteiger partial charge in [0.1, 0.15) is 0 Å². The minimum Gasteiger partial charge on any atom is -0.345 e. The Morgan fingerprint density at radius 3 is 2.63 bits per heavy atom. The highest BCUT2D eigenvalue weighted by atomic mass is 35.5. The van der Waals surface area contributed by atoms with Crippen LogP contribution in [0.2, 0.25) is 5.02 Å². The Labute approximate surface area is 167 Å². The number of benzene rings is 2. The third-order valence-electron chi connectivity index (χ3n) is 3.90. The maximum absolute atomic E-state index is 12.1. The van der Waals surface area contributed by atoms with Crippen LogP contribution in [-0.2, 0) is 17.9 Å². The monoisotopic (exact) mass is 398 g/mol. The zero-order chi connectivity index (χ0) is 19.1. The number of rotatable bonds is 7. The van der Waals surface area contributed by atoms with Gasteiger partial charge in [-0.1, -0.05) is 71.9 Å². The lowest BCUT2D eigenvalue weighted by Gasteiger charge is -2.09. The van der Waals surface area contributed by atoms with Crippen molar-refractivity contribution in [2.75, 3.05) is 6.26 Å². The summed E-state index contributed by atoms with van der Waals surface area (Å²) < 4.78 is 2.01. The molecule has 0 spiro atoms. The second-order valence-corrected chi connectivity index (χ2v) is 6.93. The lowest BCUT2D eigenvalue weighted by Crippen LogP contribution is -2.23. The van der Waals surface area contributed by atoms with E-state index in [2.05, 4.69) is 27.6 Å². The molecule has 0 fully saturated rings. The summed E-state index contributed by atoms with van der Waals surface area (Å²) in [6.07, 6.45) is 5.12. The van der Waals surface area contributed by atoms with Crippen molar-refractivity contribution >= 4 is 35.3 Å². The molecular weight excluding hydrogens is 380 g/mol. The van der Waals surface area contributed by atoms with Gasteiger partial charge in [-0.25, -0.2) is 0 Å². The third kappa shape index (κ3) is 5.21. The van der Waals surface area contributed by atoms with Crippen LogP contribution < -0.4 is 5.32 Å². The van der Waals surface area contributed by atoms with Crippen molar-refractivity contribution in [2.45, 2.75) is 18.2 Å². The zero-order valence-electron chi connectivity index (χ0n) is 14.8. The van der Waals surface area contributed by atoms with Crippen molar-refractivity contribution in [1.82, 2.24) is 20.1 Å². The Hall–Kier alpha value is -2.57. The molecule has 0 saturated carbocycles. The molecule has 2 aromatic carbocycles. The van der Waals surface area contributed by atoms with Crippen LogP contribution >= 0.6 is 23.4 Å². The lowest BCUT2D eigenvalue weighted by atomic mass is 10.2. The van der Waals surface area contributed by atoms with E-state index in [4.69, 9.17) is 11.6 Å². The van der Waals surface area contributed by atoms with Crippen LogP contribution in [0.3, 0.4) is 0 Å². The first-order valence-electron chi connectivity index (χ1n) is 8.38. The molecule has 0 saturated heterocycles. The minimum absolute atomic E-state index is 0.213. The van der Waals surface area contributed by atoms with Crippen LogP contribution in [0.25, 0.3) is 6.08 Å². The molecule has 0 radical (unpaired) electrons. The van der Waals surface area contributed by atoms with Gasteiger partial charge in [-0.15, -0.1) is 10.2 Å². The first kappa shape index (κ1) is 19.2. The van der Waals surface area contributed by atoms with Crippen LogP contribution in [0.1, 0.15) is 17.0 Å². The van der Waals surface area contributed by atoms with Gasteiger partial charge in [0.2, 0.25) is 5.91 Å². The fourth-order valence-electron chi connectivity index (χ4n) is 2.53. The average Bonchev–Trinajstić information content (AvgIpc) is 3.08. The molecule has 3 rings (SSSR count). The third-order valence-corrected chi connectivity index (χ3v) is 4.91. The Balaban J connectivity index is 1.66. The summed E-state index contributed by atoms with van der Waals surface area (Å²) in [6, 6.07) is 17.5. The Bertz CT molecular complexity index is 940. The molecule has 1 aromatic heterocycles. The number of hydrogen-bond donors (Lipinski definition) is 1. The van der Waals surface area contributed by atoms with Crippen molar-refractivity contribution in [1.29, 1.82) is 0 Å². The highest BCUT2D eigenvalue weighted by molar-refractivity contribution is 7.98. The van der Waals surface area contributed by atoms with Crippen LogP contribution in [0.4, 0.5) is 0 Å². The summed E-state index contributed by atoms with van der Waals surface area (Å²) in [5.41, 5.74) is 1.95. The fraction of sp³-hybridized carbons (Fsp3) is 0.150. The van der Waals surface area contributed by atoms with E-state index in [9.17, 15) is 4.79 Å². The van der Waals surface area contributed by atoms with E-state index in [1.54, 1.807) is 12.1 Å². The van der Waals surface area contributed by atoms with Crippen LogP contribution in [0.15, 0.2) is 65.8 Å². The molecule has 1 amide bonds. The predicted molar refractivity (Wildman–Crippen MR) is 110 cm³/mol. The second-order valence-electron chi connectivity index (χ2n) is 5.75. The minimum atomic E-state index is -0.213. The SMILES string of the molecule is CSc1nnc(CNC(=O)C=Cc2ccccc2Cl)n1Cc1ccccc1. The van der Waals surface area contributed by atoms with E-state index >= 15 is 0 Å². The van der Waals surface area contributed by atoms with Gasteiger partial charge in [0.05, 0.1) is 13.1 Å².